The molecule has 6 heteroatoms. The van der Waals surface area contributed by atoms with Crippen molar-refractivity contribution in [3.63, 3.8) is 0 Å². The van der Waals surface area contributed by atoms with Gasteiger partial charge in [0.25, 0.3) is 0 Å². The van der Waals surface area contributed by atoms with E-state index >= 15 is 0 Å². The van der Waals surface area contributed by atoms with Crippen LogP contribution in [-0.4, -0.2) is 35.5 Å². The average Bonchev–Trinajstić information content (AvgIpc) is 2.71. The van der Waals surface area contributed by atoms with Gasteiger partial charge in [0.1, 0.15) is 0 Å². The molecule has 0 unspecified atom stereocenters. The van der Waals surface area contributed by atoms with E-state index in [0.717, 1.165) is 0 Å². The molecule has 2 aromatic rings. The Kier molecular flexibility index (Phi) is 2.40. The summed E-state index contributed by atoms with van der Waals surface area (Å²) < 4.78 is 10.2. The number of aromatic nitrogens is 2. The number of rotatable bonds is 3. The maximum absolute atomic E-state index is 11.0. The van der Waals surface area contributed by atoms with Gasteiger partial charge in [0.2, 0.25) is 0 Å². The second-order valence-electron chi connectivity index (χ2n) is 3.10. The number of nitrogens with zero attached hydrogens (tertiary/aromatic N) is 1. The largest absolute Gasteiger partial charge is 0.493 e. The molecule has 0 aliphatic carbocycles. The molecule has 0 aliphatic heterocycles. The summed E-state index contributed by atoms with van der Waals surface area (Å²) in [5.74, 6) is -0.275. The zero-order chi connectivity index (χ0) is 11.7. The number of carboxylic acids is 1. The molecule has 16 heavy (non-hydrogen) atoms. The van der Waals surface area contributed by atoms with E-state index in [1.165, 1.54) is 14.2 Å². The molecule has 0 radical (unpaired) electrons. The minimum absolute atomic E-state index is 0.0780. The summed E-state index contributed by atoms with van der Waals surface area (Å²) in [5, 5.41) is 15.7. The quantitative estimate of drug-likeness (QED) is 0.817. The third kappa shape index (κ3) is 1.35. The molecule has 0 bridgehead atoms. The van der Waals surface area contributed by atoms with Crippen molar-refractivity contribution in [1.29, 1.82) is 0 Å². The number of aromatic carboxylic acids is 1. The first kappa shape index (κ1) is 10.3. The van der Waals surface area contributed by atoms with E-state index < -0.39 is 5.97 Å². The van der Waals surface area contributed by atoms with Crippen LogP contribution in [0.3, 0.4) is 0 Å². The number of hydrogen-bond acceptors (Lipinski definition) is 4. The van der Waals surface area contributed by atoms with E-state index in [-0.39, 0.29) is 5.69 Å². The summed E-state index contributed by atoms with van der Waals surface area (Å²) in [5.41, 5.74) is 0.515. The number of carbonyl (C=O) groups is 1. The third-order valence-electron chi connectivity index (χ3n) is 2.27. The van der Waals surface area contributed by atoms with Crippen LogP contribution in [0, 0.1) is 0 Å². The van der Waals surface area contributed by atoms with Gasteiger partial charge in [-0.3, -0.25) is 5.10 Å². The zero-order valence-electron chi connectivity index (χ0n) is 8.77. The average molecular weight is 222 g/mol. The Balaban J connectivity index is 2.82. The number of methoxy groups -OCH3 is 2. The minimum atomic E-state index is -1.11. The molecule has 0 saturated carbocycles. The number of nitrogens with one attached hydrogen (secondary N) is 1. The van der Waals surface area contributed by atoms with Crippen molar-refractivity contribution in [2.24, 2.45) is 0 Å². The van der Waals surface area contributed by atoms with Crippen molar-refractivity contribution in [3.05, 3.63) is 17.8 Å². The first-order valence-electron chi connectivity index (χ1n) is 4.51. The van der Waals surface area contributed by atoms with Crippen LogP contribution in [0.2, 0.25) is 0 Å². The molecule has 0 aliphatic rings. The van der Waals surface area contributed by atoms with Crippen molar-refractivity contribution in [1.82, 2.24) is 10.2 Å². The molecule has 0 amide bonds. The summed E-state index contributed by atoms with van der Waals surface area (Å²) in [6.07, 6.45) is 0. The van der Waals surface area contributed by atoms with Crippen LogP contribution in [0.5, 0.6) is 11.5 Å². The predicted molar refractivity (Wildman–Crippen MR) is 56.2 cm³/mol. The van der Waals surface area contributed by atoms with Crippen LogP contribution in [0.25, 0.3) is 10.9 Å². The topological polar surface area (TPSA) is 84.4 Å². The van der Waals surface area contributed by atoms with Crippen molar-refractivity contribution >= 4 is 16.9 Å². The molecule has 0 saturated heterocycles. The van der Waals surface area contributed by atoms with Crippen LogP contribution < -0.4 is 9.47 Å². The molecule has 0 atom stereocenters. The van der Waals surface area contributed by atoms with E-state index in [9.17, 15) is 4.79 Å². The molecule has 2 rings (SSSR count). The lowest BCUT2D eigenvalue weighted by Gasteiger charge is -2.08. The smallest absolute Gasteiger partial charge is 0.357 e. The summed E-state index contributed by atoms with van der Waals surface area (Å²) in [4.78, 5) is 11.0. The van der Waals surface area contributed by atoms with Crippen molar-refractivity contribution < 1.29 is 19.4 Å². The van der Waals surface area contributed by atoms with Gasteiger partial charge in [-0.25, -0.2) is 4.79 Å². The maximum atomic E-state index is 11.0. The van der Waals surface area contributed by atoms with Crippen LogP contribution in [-0.2, 0) is 0 Å². The number of benzene rings is 1. The van der Waals surface area contributed by atoms with E-state index in [0.29, 0.717) is 22.4 Å². The highest BCUT2D eigenvalue weighted by Crippen LogP contribution is 2.36. The van der Waals surface area contributed by atoms with E-state index in [4.69, 9.17) is 14.6 Å². The number of H-pyrrole nitrogens is 1. The van der Waals surface area contributed by atoms with Crippen LogP contribution in [0.1, 0.15) is 10.5 Å². The molecule has 1 aromatic carbocycles. The number of hydrogen-bond donors (Lipinski definition) is 2. The monoisotopic (exact) mass is 222 g/mol. The summed E-state index contributed by atoms with van der Waals surface area (Å²) in [7, 11) is 2.94. The van der Waals surface area contributed by atoms with Gasteiger partial charge >= 0.3 is 5.97 Å². The molecule has 0 spiro atoms. The van der Waals surface area contributed by atoms with Gasteiger partial charge in [-0.15, -0.1) is 0 Å². The minimum Gasteiger partial charge on any atom is -0.493 e. The lowest BCUT2D eigenvalue weighted by Crippen LogP contribution is -1.99. The zero-order valence-corrected chi connectivity index (χ0v) is 8.77. The van der Waals surface area contributed by atoms with Gasteiger partial charge in [0.05, 0.1) is 25.1 Å². The number of fused-ring (bicyclic) bond motifs is 1. The summed E-state index contributed by atoms with van der Waals surface area (Å²) >= 11 is 0. The summed E-state index contributed by atoms with van der Waals surface area (Å²) in [6, 6.07) is 3.38. The molecule has 2 N–H and O–H groups in total. The predicted octanol–water partition coefficient (Wildman–Crippen LogP) is 1.28. The highest BCUT2D eigenvalue weighted by Gasteiger charge is 2.19. The Morgan fingerprint density at radius 1 is 1.38 bits per heavy atom. The second kappa shape index (κ2) is 3.73. The number of aromatic amines is 1. The maximum Gasteiger partial charge on any atom is 0.357 e. The number of ether oxygens (including phenoxy) is 2. The highest BCUT2D eigenvalue weighted by molar-refractivity contribution is 6.04. The summed E-state index contributed by atoms with van der Waals surface area (Å²) in [6.45, 7) is 0. The van der Waals surface area contributed by atoms with Crippen LogP contribution >= 0.6 is 0 Å². The van der Waals surface area contributed by atoms with Crippen molar-refractivity contribution in [3.8, 4) is 11.5 Å². The van der Waals surface area contributed by atoms with Gasteiger partial charge in [0.15, 0.2) is 17.2 Å². The van der Waals surface area contributed by atoms with Crippen LogP contribution in [0.15, 0.2) is 12.1 Å². The molecular weight excluding hydrogens is 212 g/mol. The fourth-order valence-electron chi connectivity index (χ4n) is 1.58. The van der Waals surface area contributed by atoms with E-state index in [1.54, 1.807) is 12.1 Å². The molecule has 1 aromatic heterocycles. The fraction of sp³-hybridized carbons (Fsp3) is 0.200. The Morgan fingerprint density at radius 3 is 2.69 bits per heavy atom. The molecular formula is C10H10N2O4. The highest BCUT2D eigenvalue weighted by atomic mass is 16.5. The van der Waals surface area contributed by atoms with Gasteiger partial charge in [-0.1, -0.05) is 0 Å². The third-order valence-corrected chi connectivity index (χ3v) is 2.27. The van der Waals surface area contributed by atoms with Gasteiger partial charge in [-0.2, -0.15) is 5.10 Å². The Bertz CT molecular complexity index is 547. The Morgan fingerprint density at radius 2 is 2.12 bits per heavy atom. The normalized spacial score (nSPS) is 10.4. The van der Waals surface area contributed by atoms with Gasteiger partial charge in [0, 0.05) is 0 Å². The molecule has 0 fully saturated rings. The molecule has 84 valence electrons. The van der Waals surface area contributed by atoms with Crippen molar-refractivity contribution in [2.75, 3.05) is 14.2 Å². The standard InChI is InChI=1S/C10H10N2O4/c1-15-6-4-3-5-7(9(6)16-2)8(10(13)14)12-11-5/h3-4H,1-2H3,(H,11,12)(H,13,14). The van der Waals surface area contributed by atoms with E-state index in [2.05, 4.69) is 10.2 Å². The first-order valence-corrected chi connectivity index (χ1v) is 4.51. The lowest BCUT2D eigenvalue weighted by molar-refractivity contribution is 0.0692. The molecule has 1 heterocycles. The SMILES string of the molecule is COc1ccc2[nH]nc(C(=O)O)c2c1OC. The van der Waals surface area contributed by atoms with Gasteiger partial charge < -0.3 is 14.6 Å². The fourth-order valence-corrected chi connectivity index (χ4v) is 1.58. The van der Waals surface area contributed by atoms with Gasteiger partial charge in [-0.05, 0) is 12.1 Å². The molecule has 6 nitrogen and oxygen atoms in total. The number of carboxylic acid groups (broad SMARTS) is 1. The first-order chi connectivity index (χ1) is 7.69. The lowest BCUT2D eigenvalue weighted by atomic mass is 10.1. The van der Waals surface area contributed by atoms with Crippen LogP contribution in [0.4, 0.5) is 0 Å². The van der Waals surface area contributed by atoms with Crippen molar-refractivity contribution in [2.45, 2.75) is 0 Å². The van der Waals surface area contributed by atoms with E-state index in [1.807, 2.05) is 0 Å². The second-order valence-corrected chi connectivity index (χ2v) is 3.10. The Labute approximate surface area is 90.8 Å². The Hall–Kier alpha value is -2.24.